The minimum absolute atomic E-state index is 0.216. The smallest absolute Gasteiger partial charge is 0.142 e. The number of nitrogens with zero attached hydrogens (tertiary/aromatic N) is 2. The number of aromatic nitrogens is 1. The number of hydrogen-bond donors (Lipinski definition) is 1. The van der Waals surface area contributed by atoms with Crippen molar-refractivity contribution in [2.24, 2.45) is 0 Å². The van der Waals surface area contributed by atoms with E-state index >= 15 is 0 Å². The van der Waals surface area contributed by atoms with E-state index in [9.17, 15) is 5.26 Å². The lowest BCUT2D eigenvalue weighted by Gasteiger charge is -2.17. The zero-order chi connectivity index (χ0) is 22.5. The average Bonchev–Trinajstić information content (AvgIpc) is 2.83. The van der Waals surface area contributed by atoms with E-state index in [0.717, 1.165) is 39.3 Å². The van der Waals surface area contributed by atoms with Crippen LogP contribution in [0.4, 0.5) is 5.82 Å². The summed E-state index contributed by atoms with van der Waals surface area (Å²) in [4.78, 5) is 4.44. The van der Waals surface area contributed by atoms with Crippen molar-refractivity contribution < 1.29 is 9.47 Å². The Morgan fingerprint density at radius 3 is 2.31 bits per heavy atom. The largest absolute Gasteiger partial charge is 0.497 e. The fourth-order valence-electron chi connectivity index (χ4n) is 3.72. The summed E-state index contributed by atoms with van der Waals surface area (Å²) in [5.41, 5.74) is 11.7. The fraction of sp³-hybridized carbons (Fsp3) is 0.111. The molecule has 0 fully saturated rings. The topological polar surface area (TPSA) is 81.2 Å². The predicted molar refractivity (Wildman–Crippen MR) is 126 cm³/mol. The van der Waals surface area contributed by atoms with E-state index in [0.29, 0.717) is 17.9 Å². The van der Waals surface area contributed by atoms with Gasteiger partial charge in [-0.15, -0.1) is 0 Å². The molecule has 32 heavy (non-hydrogen) atoms. The number of anilines is 1. The molecule has 0 radical (unpaired) electrons. The first-order chi connectivity index (χ1) is 15.6. The van der Waals surface area contributed by atoms with Gasteiger partial charge in [-0.3, -0.25) is 0 Å². The molecule has 0 atom stereocenters. The number of nitrogen functional groups attached to an aromatic ring is 1. The Balaban J connectivity index is 1.81. The molecule has 5 nitrogen and oxygen atoms in total. The molecule has 0 bridgehead atoms. The van der Waals surface area contributed by atoms with Crippen LogP contribution >= 0.6 is 0 Å². The standard InChI is InChI=1S/C27H23N3O2/c1-18-25(20-11-13-22(31-2)14-12-20)26(24(16-28)27(29)30-18)21-9-6-10-23(15-21)32-17-19-7-4-3-5-8-19/h3-15H,17H2,1-2H3,(H2,29,30). The second-order valence-electron chi connectivity index (χ2n) is 7.35. The molecule has 4 rings (SSSR count). The van der Waals surface area contributed by atoms with Crippen LogP contribution in [0.15, 0.2) is 78.9 Å². The summed E-state index contributed by atoms with van der Waals surface area (Å²) in [6, 6.07) is 27.6. The Morgan fingerprint density at radius 1 is 0.875 bits per heavy atom. The highest BCUT2D eigenvalue weighted by Gasteiger charge is 2.20. The number of nitriles is 1. The van der Waals surface area contributed by atoms with Gasteiger partial charge in [-0.1, -0.05) is 54.6 Å². The SMILES string of the molecule is COc1ccc(-c2c(C)nc(N)c(C#N)c2-c2cccc(OCc3ccccc3)c2)cc1. The van der Waals surface area contributed by atoms with Crippen molar-refractivity contribution in [1.29, 1.82) is 5.26 Å². The number of pyridine rings is 1. The summed E-state index contributed by atoms with van der Waals surface area (Å²) in [6.07, 6.45) is 0. The predicted octanol–water partition coefficient (Wildman–Crippen LogP) is 5.77. The van der Waals surface area contributed by atoms with Gasteiger partial charge in [0.05, 0.1) is 7.11 Å². The van der Waals surface area contributed by atoms with Crippen LogP contribution in [-0.4, -0.2) is 12.1 Å². The molecule has 0 aliphatic heterocycles. The van der Waals surface area contributed by atoms with Crippen LogP contribution in [0.5, 0.6) is 11.5 Å². The lowest BCUT2D eigenvalue weighted by molar-refractivity contribution is 0.306. The van der Waals surface area contributed by atoms with E-state index in [1.165, 1.54) is 0 Å². The van der Waals surface area contributed by atoms with Crippen molar-refractivity contribution >= 4 is 5.82 Å². The minimum atomic E-state index is 0.216. The first-order valence-electron chi connectivity index (χ1n) is 10.2. The summed E-state index contributed by atoms with van der Waals surface area (Å²) >= 11 is 0. The summed E-state index contributed by atoms with van der Waals surface area (Å²) in [5.74, 6) is 1.69. The van der Waals surface area contributed by atoms with Crippen molar-refractivity contribution in [3.8, 4) is 39.8 Å². The van der Waals surface area contributed by atoms with E-state index in [-0.39, 0.29) is 5.82 Å². The van der Waals surface area contributed by atoms with Gasteiger partial charge in [0.1, 0.15) is 35.6 Å². The van der Waals surface area contributed by atoms with Crippen molar-refractivity contribution in [3.63, 3.8) is 0 Å². The molecular formula is C27H23N3O2. The summed E-state index contributed by atoms with van der Waals surface area (Å²) in [7, 11) is 1.63. The molecule has 0 aliphatic carbocycles. The Labute approximate surface area is 187 Å². The Bertz CT molecular complexity index is 1280. The molecule has 0 amide bonds. The first kappa shape index (κ1) is 21.0. The third-order valence-electron chi connectivity index (χ3n) is 5.27. The number of nitrogens with two attached hydrogens (primary N) is 1. The number of aryl methyl sites for hydroxylation is 1. The van der Waals surface area contributed by atoms with E-state index < -0.39 is 0 Å². The second kappa shape index (κ2) is 9.23. The summed E-state index contributed by atoms with van der Waals surface area (Å²) in [6.45, 7) is 2.36. The van der Waals surface area contributed by atoms with Gasteiger partial charge in [0.25, 0.3) is 0 Å². The van der Waals surface area contributed by atoms with Gasteiger partial charge in [-0.2, -0.15) is 5.26 Å². The number of ether oxygens (including phenoxy) is 2. The average molecular weight is 422 g/mol. The molecular weight excluding hydrogens is 398 g/mol. The summed E-state index contributed by atoms with van der Waals surface area (Å²) < 4.78 is 11.3. The lowest BCUT2D eigenvalue weighted by atomic mass is 9.90. The normalized spacial score (nSPS) is 10.4. The minimum Gasteiger partial charge on any atom is -0.497 e. The Kier molecular flexibility index (Phi) is 6.05. The molecule has 0 saturated carbocycles. The van der Waals surface area contributed by atoms with Gasteiger partial charge in [0, 0.05) is 16.8 Å². The van der Waals surface area contributed by atoms with Crippen LogP contribution in [0, 0.1) is 18.3 Å². The maximum atomic E-state index is 9.91. The zero-order valence-electron chi connectivity index (χ0n) is 18.0. The van der Waals surface area contributed by atoms with Gasteiger partial charge < -0.3 is 15.2 Å². The molecule has 1 aromatic heterocycles. The van der Waals surface area contributed by atoms with E-state index in [1.807, 2.05) is 85.8 Å². The van der Waals surface area contributed by atoms with Crippen LogP contribution in [0.1, 0.15) is 16.8 Å². The third-order valence-corrected chi connectivity index (χ3v) is 5.27. The van der Waals surface area contributed by atoms with E-state index in [2.05, 4.69) is 11.1 Å². The van der Waals surface area contributed by atoms with E-state index in [4.69, 9.17) is 15.2 Å². The highest BCUT2D eigenvalue weighted by molar-refractivity contribution is 5.91. The third kappa shape index (κ3) is 4.26. The van der Waals surface area contributed by atoms with Crippen molar-refractivity contribution in [1.82, 2.24) is 4.98 Å². The molecule has 0 spiro atoms. The molecule has 3 aromatic carbocycles. The second-order valence-corrected chi connectivity index (χ2v) is 7.35. The highest BCUT2D eigenvalue weighted by atomic mass is 16.5. The molecule has 0 unspecified atom stereocenters. The zero-order valence-corrected chi connectivity index (χ0v) is 18.0. The number of rotatable bonds is 6. The Hall–Kier alpha value is -4.30. The van der Waals surface area contributed by atoms with Gasteiger partial charge in [-0.05, 0) is 47.9 Å². The van der Waals surface area contributed by atoms with Crippen LogP contribution < -0.4 is 15.2 Å². The van der Waals surface area contributed by atoms with E-state index in [1.54, 1.807) is 7.11 Å². The van der Waals surface area contributed by atoms with Gasteiger partial charge in [-0.25, -0.2) is 4.98 Å². The van der Waals surface area contributed by atoms with Crippen LogP contribution in [0.25, 0.3) is 22.3 Å². The van der Waals surface area contributed by atoms with Gasteiger partial charge in [0.15, 0.2) is 0 Å². The molecule has 4 aromatic rings. The first-order valence-corrected chi connectivity index (χ1v) is 10.2. The van der Waals surface area contributed by atoms with Crippen LogP contribution in [-0.2, 0) is 6.61 Å². The van der Waals surface area contributed by atoms with Crippen molar-refractivity contribution in [2.45, 2.75) is 13.5 Å². The van der Waals surface area contributed by atoms with Crippen LogP contribution in [0.2, 0.25) is 0 Å². The molecule has 5 heteroatoms. The Morgan fingerprint density at radius 2 is 1.62 bits per heavy atom. The van der Waals surface area contributed by atoms with Crippen molar-refractivity contribution in [3.05, 3.63) is 95.7 Å². The molecule has 2 N–H and O–H groups in total. The number of methoxy groups -OCH3 is 1. The maximum absolute atomic E-state index is 9.91. The molecule has 158 valence electrons. The quantitative estimate of drug-likeness (QED) is 0.428. The lowest BCUT2D eigenvalue weighted by Crippen LogP contribution is -2.03. The number of hydrogen-bond acceptors (Lipinski definition) is 5. The summed E-state index contributed by atoms with van der Waals surface area (Å²) in [5, 5.41) is 9.91. The van der Waals surface area contributed by atoms with Crippen LogP contribution in [0.3, 0.4) is 0 Å². The monoisotopic (exact) mass is 421 g/mol. The molecule has 1 heterocycles. The molecule has 0 saturated heterocycles. The fourth-order valence-corrected chi connectivity index (χ4v) is 3.72. The highest BCUT2D eigenvalue weighted by Crippen LogP contribution is 2.40. The number of benzene rings is 3. The maximum Gasteiger partial charge on any atom is 0.142 e. The molecule has 0 aliphatic rings. The van der Waals surface area contributed by atoms with Gasteiger partial charge >= 0.3 is 0 Å². The van der Waals surface area contributed by atoms with Gasteiger partial charge in [0.2, 0.25) is 0 Å². The van der Waals surface area contributed by atoms with Crippen molar-refractivity contribution in [2.75, 3.05) is 12.8 Å².